The van der Waals surface area contributed by atoms with E-state index in [2.05, 4.69) is 30.9 Å². The second-order valence-electron chi connectivity index (χ2n) is 4.95. The van der Waals surface area contributed by atoms with Gasteiger partial charge in [0, 0.05) is 12.0 Å². The molecule has 0 saturated carbocycles. The molecule has 1 aromatic rings. The number of allylic oxidation sites excluding steroid dienone is 3. The molecule has 1 aliphatic rings. The molecular formula is C18H22O. The summed E-state index contributed by atoms with van der Waals surface area (Å²) >= 11 is 0. The average molecular weight is 254 g/mol. The minimum atomic E-state index is 0.924. The Labute approximate surface area is 116 Å². The van der Waals surface area contributed by atoms with E-state index in [4.69, 9.17) is 4.42 Å². The standard InChI is InChI=1S/C18H22O/c1-2-3-4-5-6-7-10-16-11-8-12-17(16)15-18-13-9-14-19-18/h9,11,13-15H,2-6,8,12H2,1H3/b17-15+. The molecule has 0 spiro atoms. The van der Waals surface area contributed by atoms with Crippen LogP contribution < -0.4 is 0 Å². The lowest BCUT2D eigenvalue weighted by molar-refractivity contribution is 0.556. The Morgan fingerprint density at radius 3 is 3.05 bits per heavy atom. The van der Waals surface area contributed by atoms with Gasteiger partial charge in [0.1, 0.15) is 5.76 Å². The van der Waals surface area contributed by atoms with Gasteiger partial charge in [-0.15, -0.1) is 0 Å². The number of unbranched alkanes of at least 4 members (excludes halogenated alkanes) is 4. The fraction of sp³-hybridized carbons (Fsp3) is 0.444. The fourth-order valence-corrected chi connectivity index (χ4v) is 2.26. The smallest absolute Gasteiger partial charge is 0.126 e. The maximum absolute atomic E-state index is 5.36. The van der Waals surface area contributed by atoms with E-state index in [1.54, 1.807) is 6.26 Å². The molecule has 1 heterocycles. The zero-order chi connectivity index (χ0) is 13.3. The molecule has 0 aromatic carbocycles. The zero-order valence-electron chi connectivity index (χ0n) is 11.7. The van der Waals surface area contributed by atoms with Crippen LogP contribution >= 0.6 is 0 Å². The van der Waals surface area contributed by atoms with Crippen LogP contribution in [0.5, 0.6) is 0 Å². The summed E-state index contributed by atoms with van der Waals surface area (Å²) in [6.45, 7) is 2.24. The Morgan fingerprint density at radius 2 is 2.26 bits per heavy atom. The fourth-order valence-electron chi connectivity index (χ4n) is 2.26. The molecule has 0 N–H and O–H groups in total. The van der Waals surface area contributed by atoms with Crippen molar-refractivity contribution in [1.29, 1.82) is 0 Å². The van der Waals surface area contributed by atoms with E-state index >= 15 is 0 Å². The van der Waals surface area contributed by atoms with E-state index in [-0.39, 0.29) is 0 Å². The highest BCUT2D eigenvalue weighted by Gasteiger charge is 2.09. The van der Waals surface area contributed by atoms with Gasteiger partial charge in [-0.25, -0.2) is 0 Å². The topological polar surface area (TPSA) is 13.1 Å². The van der Waals surface area contributed by atoms with Crippen LogP contribution in [0.4, 0.5) is 0 Å². The monoisotopic (exact) mass is 254 g/mol. The Kier molecular flexibility index (Phi) is 5.56. The van der Waals surface area contributed by atoms with Crippen molar-refractivity contribution in [2.24, 2.45) is 0 Å². The summed E-state index contributed by atoms with van der Waals surface area (Å²) in [5.41, 5.74) is 2.52. The van der Waals surface area contributed by atoms with Gasteiger partial charge in [-0.2, -0.15) is 0 Å². The molecule has 1 aliphatic carbocycles. The molecule has 0 saturated heterocycles. The number of rotatable bonds is 5. The molecule has 2 rings (SSSR count). The number of furan rings is 1. The minimum absolute atomic E-state index is 0.924. The van der Waals surface area contributed by atoms with Gasteiger partial charge in [0.15, 0.2) is 0 Å². The number of hydrogen-bond donors (Lipinski definition) is 0. The molecule has 1 aromatic heterocycles. The summed E-state index contributed by atoms with van der Waals surface area (Å²) in [7, 11) is 0. The molecule has 100 valence electrons. The lowest BCUT2D eigenvalue weighted by atomic mass is 10.1. The molecular weight excluding hydrogens is 232 g/mol. The average Bonchev–Trinajstić information content (AvgIpc) is 3.06. The first-order chi connectivity index (χ1) is 9.40. The SMILES string of the molecule is CCCCCCC#CC1=CCC/C1=C\c1ccco1. The first kappa shape index (κ1) is 13.7. The second kappa shape index (κ2) is 7.69. The Balaban J connectivity index is 1.87. The van der Waals surface area contributed by atoms with Crippen LogP contribution in [0, 0.1) is 11.8 Å². The third-order valence-electron chi connectivity index (χ3n) is 3.35. The van der Waals surface area contributed by atoms with Crippen LogP contribution in [-0.4, -0.2) is 0 Å². The van der Waals surface area contributed by atoms with E-state index in [0.717, 1.165) is 25.0 Å². The molecule has 0 bridgehead atoms. The molecule has 0 aliphatic heterocycles. The summed E-state index contributed by atoms with van der Waals surface area (Å²) in [6, 6.07) is 3.91. The summed E-state index contributed by atoms with van der Waals surface area (Å²) < 4.78 is 5.36. The summed E-state index contributed by atoms with van der Waals surface area (Å²) in [5.74, 6) is 7.55. The third-order valence-corrected chi connectivity index (χ3v) is 3.35. The molecule has 0 fully saturated rings. The highest BCUT2D eigenvalue weighted by molar-refractivity contribution is 5.61. The normalized spacial score (nSPS) is 16.3. The quantitative estimate of drug-likeness (QED) is 0.509. The minimum Gasteiger partial charge on any atom is -0.465 e. The molecule has 0 unspecified atom stereocenters. The van der Waals surface area contributed by atoms with Crippen molar-refractivity contribution < 1.29 is 4.42 Å². The summed E-state index contributed by atoms with van der Waals surface area (Å²) in [5, 5.41) is 0. The highest BCUT2D eigenvalue weighted by atomic mass is 16.3. The molecule has 0 radical (unpaired) electrons. The van der Waals surface area contributed by atoms with E-state index in [1.807, 2.05) is 12.1 Å². The van der Waals surface area contributed by atoms with E-state index in [9.17, 15) is 0 Å². The van der Waals surface area contributed by atoms with Gasteiger partial charge in [0.2, 0.25) is 0 Å². The first-order valence-electron chi connectivity index (χ1n) is 7.33. The van der Waals surface area contributed by atoms with Crippen LogP contribution in [0.2, 0.25) is 0 Å². The van der Waals surface area contributed by atoms with Crippen LogP contribution in [0.1, 0.15) is 57.6 Å². The van der Waals surface area contributed by atoms with Crippen molar-refractivity contribution in [3.05, 3.63) is 41.4 Å². The van der Waals surface area contributed by atoms with Gasteiger partial charge >= 0.3 is 0 Å². The third kappa shape index (κ3) is 4.48. The van der Waals surface area contributed by atoms with E-state index < -0.39 is 0 Å². The van der Waals surface area contributed by atoms with Crippen LogP contribution in [-0.2, 0) is 0 Å². The molecule has 1 heteroatoms. The molecule has 1 nitrogen and oxygen atoms in total. The predicted molar refractivity (Wildman–Crippen MR) is 80.5 cm³/mol. The van der Waals surface area contributed by atoms with Crippen LogP contribution in [0.15, 0.2) is 40.0 Å². The number of hydrogen-bond acceptors (Lipinski definition) is 1. The summed E-state index contributed by atoms with van der Waals surface area (Å²) in [6.07, 6.45) is 14.4. The van der Waals surface area contributed by atoms with Gasteiger partial charge in [-0.1, -0.05) is 44.1 Å². The lowest BCUT2D eigenvalue weighted by Gasteiger charge is -1.97. The van der Waals surface area contributed by atoms with Gasteiger partial charge in [-0.3, -0.25) is 0 Å². The van der Waals surface area contributed by atoms with Gasteiger partial charge < -0.3 is 4.42 Å². The largest absolute Gasteiger partial charge is 0.465 e. The Bertz CT molecular complexity index is 492. The second-order valence-corrected chi connectivity index (χ2v) is 4.95. The molecule has 0 amide bonds. The van der Waals surface area contributed by atoms with E-state index in [0.29, 0.717) is 0 Å². The van der Waals surface area contributed by atoms with Crippen molar-refractivity contribution in [2.45, 2.75) is 51.9 Å². The van der Waals surface area contributed by atoms with E-state index in [1.165, 1.54) is 36.8 Å². The maximum atomic E-state index is 5.36. The van der Waals surface area contributed by atoms with Gasteiger partial charge in [0.05, 0.1) is 6.26 Å². The van der Waals surface area contributed by atoms with Crippen LogP contribution in [0.3, 0.4) is 0 Å². The zero-order valence-corrected chi connectivity index (χ0v) is 11.7. The summed E-state index contributed by atoms with van der Waals surface area (Å²) in [4.78, 5) is 0. The first-order valence-corrected chi connectivity index (χ1v) is 7.33. The molecule has 0 atom stereocenters. The molecule has 19 heavy (non-hydrogen) atoms. The maximum Gasteiger partial charge on any atom is 0.126 e. The highest BCUT2D eigenvalue weighted by Crippen LogP contribution is 2.26. The predicted octanol–water partition coefficient (Wildman–Crippen LogP) is 5.36. The van der Waals surface area contributed by atoms with Gasteiger partial charge in [-0.05, 0) is 43.0 Å². The van der Waals surface area contributed by atoms with Crippen molar-refractivity contribution in [1.82, 2.24) is 0 Å². The van der Waals surface area contributed by atoms with Crippen molar-refractivity contribution in [3.8, 4) is 11.8 Å². The van der Waals surface area contributed by atoms with Gasteiger partial charge in [0.25, 0.3) is 0 Å². The Hall–Kier alpha value is -1.68. The van der Waals surface area contributed by atoms with Crippen LogP contribution in [0.25, 0.3) is 6.08 Å². The van der Waals surface area contributed by atoms with Crippen molar-refractivity contribution in [3.63, 3.8) is 0 Å². The van der Waals surface area contributed by atoms with Crippen molar-refractivity contribution >= 4 is 6.08 Å². The Morgan fingerprint density at radius 1 is 1.32 bits per heavy atom. The lowest BCUT2D eigenvalue weighted by Crippen LogP contribution is -1.80. The van der Waals surface area contributed by atoms with Crippen molar-refractivity contribution in [2.75, 3.05) is 0 Å².